The second-order valence-electron chi connectivity index (χ2n) is 5.57. The van der Waals surface area contributed by atoms with Crippen molar-refractivity contribution in [3.8, 4) is 0 Å². The molecule has 3 rings (SSSR count). The largest absolute Gasteiger partial charge is 0.308 e. The summed E-state index contributed by atoms with van der Waals surface area (Å²) in [7, 11) is -3.45. The number of hydrazine groups is 1. The fraction of sp³-hybridized carbons (Fsp3) is 0.615. The van der Waals surface area contributed by atoms with Crippen molar-refractivity contribution in [1.82, 2.24) is 14.2 Å². The maximum absolute atomic E-state index is 12.6. The van der Waals surface area contributed by atoms with Crippen LogP contribution in [0, 0.1) is 0 Å². The third-order valence-electron chi connectivity index (χ3n) is 4.31. The van der Waals surface area contributed by atoms with Gasteiger partial charge in [0.15, 0.2) is 0 Å². The third kappa shape index (κ3) is 2.89. The molecule has 0 aliphatic carbocycles. The number of sulfonamides is 1. The number of likely N-dealkylation sites (tertiary alicyclic amines) is 1. The Labute approximate surface area is 125 Å². The van der Waals surface area contributed by atoms with Gasteiger partial charge in [-0.05, 0) is 44.5 Å². The predicted octanol–water partition coefficient (Wildman–Crippen LogP) is 0.226. The molecule has 2 aliphatic heterocycles. The van der Waals surface area contributed by atoms with Crippen LogP contribution in [0.3, 0.4) is 0 Å². The zero-order chi connectivity index (χ0) is 14.9. The van der Waals surface area contributed by atoms with Gasteiger partial charge in [-0.25, -0.2) is 19.2 Å². The summed E-state index contributed by atoms with van der Waals surface area (Å²) in [6.07, 6.45) is 4.71. The predicted molar refractivity (Wildman–Crippen MR) is 80.0 cm³/mol. The lowest BCUT2D eigenvalue weighted by Gasteiger charge is -2.23. The Morgan fingerprint density at radius 2 is 2.00 bits per heavy atom. The Hall–Kier alpha value is -1.22. The molecule has 3 heterocycles. The minimum absolute atomic E-state index is 0.226. The van der Waals surface area contributed by atoms with Gasteiger partial charge in [-0.2, -0.15) is 4.31 Å². The molecule has 0 aromatic carbocycles. The molecule has 7 nitrogen and oxygen atoms in total. The lowest BCUT2D eigenvalue weighted by atomic mass is 10.2. The number of nitrogen functional groups attached to an aromatic ring is 1. The summed E-state index contributed by atoms with van der Waals surface area (Å²) in [6, 6.07) is 3.47. The summed E-state index contributed by atoms with van der Waals surface area (Å²) in [5.41, 5.74) is 2.39. The molecule has 1 aromatic rings. The molecule has 0 radical (unpaired) electrons. The number of nitrogens with two attached hydrogens (primary N) is 1. The van der Waals surface area contributed by atoms with E-state index in [1.807, 2.05) is 0 Å². The molecule has 0 spiro atoms. The Morgan fingerprint density at radius 1 is 1.24 bits per heavy atom. The quantitative estimate of drug-likeness (QED) is 0.611. The van der Waals surface area contributed by atoms with E-state index in [-0.39, 0.29) is 4.90 Å². The average Bonchev–Trinajstić information content (AvgIpc) is 3.18. The molecular formula is C13H21N5O2S. The van der Waals surface area contributed by atoms with E-state index in [4.69, 9.17) is 5.84 Å². The van der Waals surface area contributed by atoms with E-state index in [2.05, 4.69) is 15.3 Å². The Morgan fingerprint density at radius 3 is 2.62 bits per heavy atom. The van der Waals surface area contributed by atoms with Gasteiger partial charge in [0.25, 0.3) is 0 Å². The van der Waals surface area contributed by atoms with Gasteiger partial charge in [0.2, 0.25) is 10.0 Å². The fourth-order valence-corrected chi connectivity index (χ4v) is 4.54. The highest BCUT2D eigenvalue weighted by atomic mass is 32.2. The van der Waals surface area contributed by atoms with Crippen LogP contribution in [-0.2, 0) is 10.0 Å². The average molecular weight is 311 g/mol. The van der Waals surface area contributed by atoms with Gasteiger partial charge in [0, 0.05) is 25.3 Å². The van der Waals surface area contributed by atoms with E-state index in [1.165, 1.54) is 19.0 Å². The van der Waals surface area contributed by atoms with Crippen LogP contribution in [0.1, 0.15) is 19.3 Å². The third-order valence-corrected chi connectivity index (χ3v) is 6.15. The van der Waals surface area contributed by atoms with Crippen molar-refractivity contribution in [2.24, 2.45) is 5.84 Å². The number of hydrogen-bond acceptors (Lipinski definition) is 6. The van der Waals surface area contributed by atoms with E-state index >= 15 is 0 Å². The molecule has 1 atom stereocenters. The van der Waals surface area contributed by atoms with E-state index < -0.39 is 10.0 Å². The first kappa shape index (κ1) is 14.7. The van der Waals surface area contributed by atoms with Crippen LogP contribution in [0.25, 0.3) is 0 Å². The van der Waals surface area contributed by atoms with Gasteiger partial charge in [-0.15, -0.1) is 0 Å². The smallest absolute Gasteiger partial charge is 0.244 e. The molecular weight excluding hydrogens is 290 g/mol. The van der Waals surface area contributed by atoms with Crippen LogP contribution in [0.4, 0.5) is 5.82 Å². The van der Waals surface area contributed by atoms with Crippen molar-refractivity contribution in [1.29, 1.82) is 0 Å². The monoisotopic (exact) mass is 311 g/mol. The fourth-order valence-electron chi connectivity index (χ4n) is 3.10. The molecule has 1 unspecified atom stereocenters. The molecule has 2 fully saturated rings. The minimum Gasteiger partial charge on any atom is -0.308 e. The normalized spacial score (nSPS) is 24.5. The van der Waals surface area contributed by atoms with Gasteiger partial charge in [-0.3, -0.25) is 4.90 Å². The van der Waals surface area contributed by atoms with E-state index in [1.54, 1.807) is 16.4 Å². The molecule has 116 valence electrons. The Bertz CT molecular complexity index is 583. The van der Waals surface area contributed by atoms with Gasteiger partial charge in [0.1, 0.15) is 10.7 Å². The van der Waals surface area contributed by atoms with Crippen molar-refractivity contribution < 1.29 is 8.42 Å². The highest BCUT2D eigenvalue weighted by Crippen LogP contribution is 2.25. The first-order chi connectivity index (χ1) is 10.1. The standard InChI is InChI=1S/C13H21N5O2S/c14-16-13-4-3-12(9-15-13)21(19,20)18-8-5-11(10-18)17-6-1-2-7-17/h3-4,9,11H,1-2,5-8,10,14H2,(H,15,16). The van der Waals surface area contributed by atoms with E-state index in [9.17, 15) is 8.42 Å². The van der Waals surface area contributed by atoms with Crippen LogP contribution in [0.2, 0.25) is 0 Å². The van der Waals surface area contributed by atoms with E-state index in [0.717, 1.165) is 19.5 Å². The summed E-state index contributed by atoms with van der Waals surface area (Å²) in [5, 5.41) is 0. The second kappa shape index (κ2) is 5.88. The summed E-state index contributed by atoms with van der Waals surface area (Å²) < 4.78 is 26.8. The zero-order valence-corrected chi connectivity index (χ0v) is 12.7. The van der Waals surface area contributed by atoms with Crippen LogP contribution >= 0.6 is 0 Å². The molecule has 8 heteroatoms. The number of nitrogens with one attached hydrogen (secondary N) is 1. The van der Waals surface area contributed by atoms with Crippen molar-refractivity contribution in [2.75, 3.05) is 31.6 Å². The van der Waals surface area contributed by atoms with Crippen LogP contribution in [0.15, 0.2) is 23.2 Å². The number of hydrogen-bond donors (Lipinski definition) is 2. The van der Waals surface area contributed by atoms with Gasteiger partial charge >= 0.3 is 0 Å². The first-order valence-corrected chi connectivity index (χ1v) is 8.72. The van der Waals surface area contributed by atoms with Gasteiger partial charge < -0.3 is 5.43 Å². The highest BCUT2D eigenvalue weighted by Gasteiger charge is 2.35. The van der Waals surface area contributed by atoms with Crippen LogP contribution in [-0.4, -0.2) is 54.8 Å². The van der Waals surface area contributed by atoms with Crippen LogP contribution < -0.4 is 11.3 Å². The van der Waals surface area contributed by atoms with Crippen molar-refractivity contribution >= 4 is 15.8 Å². The maximum Gasteiger partial charge on any atom is 0.244 e. The Kier molecular flexibility index (Phi) is 4.12. The number of pyridine rings is 1. The molecule has 1 aromatic heterocycles. The number of rotatable bonds is 4. The van der Waals surface area contributed by atoms with Gasteiger partial charge in [0.05, 0.1) is 0 Å². The van der Waals surface area contributed by atoms with Gasteiger partial charge in [-0.1, -0.05) is 0 Å². The highest BCUT2D eigenvalue weighted by molar-refractivity contribution is 7.89. The Balaban J connectivity index is 1.72. The molecule has 2 saturated heterocycles. The summed E-state index contributed by atoms with van der Waals surface area (Å²) in [6.45, 7) is 3.35. The molecule has 2 aliphatic rings. The van der Waals surface area contributed by atoms with Crippen molar-refractivity contribution in [3.05, 3.63) is 18.3 Å². The number of nitrogens with zero attached hydrogens (tertiary/aromatic N) is 3. The van der Waals surface area contributed by atoms with Crippen molar-refractivity contribution in [3.63, 3.8) is 0 Å². The number of aromatic nitrogens is 1. The zero-order valence-electron chi connectivity index (χ0n) is 11.9. The summed E-state index contributed by atoms with van der Waals surface area (Å²) in [5.74, 6) is 5.69. The maximum atomic E-state index is 12.6. The summed E-state index contributed by atoms with van der Waals surface area (Å²) >= 11 is 0. The molecule has 3 N–H and O–H groups in total. The minimum atomic E-state index is -3.45. The molecule has 0 bridgehead atoms. The second-order valence-corrected chi connectivity index (χ2v) is 7.51. The lowest BCUT2D eigenvalue weighted by Crippen LogP contribution is -2.37. The number of anilines is 1. The topological polar surface area (TPSA) is 91.6 Å². The first-order valence-electron chi connectivity index (χ1n) is 7.28. The summed E-state index contributed by atoms with van der Waals surface area (Å²) in [4.78, 5) is 6.62. The lowest BCUT2D eigenvalue weighted by molar-refractivity contribution is 0.251. The SMILES string of the molecule is NNc1ccc(S(=O)(=O)N2CCC(N3CCCC3)C2)cn1. The molecule has 21 heavy (non-hydrogen) atoms. The molecule has 0 amide bonds. The van der Waals surface area contributed by atoms with E-state index in [0.29, 0.717) is 24.9 Å². The molecule has 0 saturated carbocycles. The van der Waals surface area contributed by atoms with Crippen LogP contribution in [0.5, 0.6) is 0 Å². The van der Waals surface area contributed by atoms with Crippen molar-refractivity contribution in [2.45, 2.75) is 30.2 Å².